The Morgan fingerprint density at radius 1 is 1.19 bits per heavy atom. The van der Waals surface area contributed by atoms with E-state index in [1.54, 1.807) is 42.7 Å². The summed E-state index contributed by atoms with van der Waals surface area (Å²) in [6.07, 6.45) is 6.42. The number of nitrogens with zero attached hydrogens (tertiary/aromatic N) is 2. The molecule has 0 spiro atoms. The van der Waals surface area contributed by atoms with Gasteiger partial charge in [0.15, 0.2) is 0 Å². The van der Waals surface area contributed by atoms with E-state index in [-0.39, 0.29) is 4.90 Å². The van der Waals surface area contributed by atoms with Crippen molar-refractivity contribution in [2.75, 3.05) is 13.7 Å². The summed E-state index contributed by atoms with van der Waals surface area (Å²) >= 11 is 0. The van der Waals surface area contributed by atoms with Gasteiger partial charge in [-0.1, -0.05) is 6.07 Å². The number of carbonyl (C=O) groups excluding carboxylic acids is 1. The Hall–Kier alpha value is -3.20. The monoisotopic (exact) mass is 453 g/mol. The molecule has 166 valence electrons. The topological polar surface area (TPSA) is 107 Å². The molecule has 2 aliphatic carbocycles. The van der Waals surface area contributed by atoms with Gasteiger partial charge in [-0.25, -0.2) is 18.1 Å². The molecule has 5 rings (SSSR count). The summed E-state index contributed by atoms with van der Waals surface area (Å²) < 4.78 is 39.8. The number of amides is 1. The van der Waals surface area contributed by atoms with Crippen molar-refractivity contribution >= 4 is 26.8 Å². The zero-order chi connectivity index (χ0) is 22.3. The number of ether oxygens (including phenoxy) is 2. The van der Waals surface area contributed by atoms with Crippen LogP contribution in [0.1, 0.15) is 31.2 Å². The van der Waals surface area contributed by atoms with Crippen molar-refractivity contribution in [3.05, 3.63) is 54.4 Å². The number of methoxy groups -OCH3 is 1. The lowest BCUT2D eigenvalue weighted by Crippen LogP contribution is -2.39. The summed E-state index contributed by atoms with van der Waals surface area (Å²) in [4.78, 5) is 21.8. The molecule has 0 saturated heterocycles. The molecular weight excluding hydrogens is 430 g/mol. The summed E-state index contributed by atoms with van der Waals surface area (Å²) in [7, 11) is -2.61. The Kier molecular flexibility index (Phi) is 5.00. The van der Waals surface area contributed by atoms with Crippen LogP contribution in [-0.4, -0.2) is 38.0 Å². The van der Waals surface area contributed by atoms with Crippen LogP contribution in [0.5, 0.6) is 11.6 Å². The minimum absolute atomic E-state index is 0.0183. The minimum atomic E-state index is -4.11. The lowest BCUT2D eigenvalue weighted by Gasteiger charge is -2.20. The van der Waals surface area contributed by atoms with E-state index in [1.807, 2.05) is 0 Å². The van der Waals surface area contributed by atoms with Gasteiger partial charge in [-0.15, -0.1) is 0 Å². The second-order valence-electron chi connectivity index (χ2n) is 8.32. The summed E-state index contributed by atoms with van der Waals surface area (Å²) in [5, 5.41) is 0.458. The van der Waals surface area contributed by atoms with Gasteiger partial charge in [-0.05, 0) is 55.9 Å². The molecule has 2 saturated carbocycles. The van der Waals surface area contributed by atoms with Crippen LogP contribution in [0, 0.1) is 5.92 Å². The lowest BCUT2D eigenvalue weighted by molar-refractivity contribution is -0.121. The molecule has 0 aliphatic heterocycles. The number of pyridine rings is 2. The highest BCUT2D eigenvalue weighted by Crippen LogP contribution is 2.52. The number of rotatable bonds is 8. The zero-order valence-electron chi connectivity index (χ0n) is 17.6. The SMILES string of the molecule is COc1cc(C2(C(=O)NS(=O)(=O)c3cccc4ncccc34)CC2)c(OCC2CC2)cn1. The van der Waals surface area contributed by atoms with Crippen LogP contribution in [0.3, 0.4) is 0 Å². The molecule has 32 heavy (non-hydrogen) atoms. The van der Waals surface area contributed by atoms with E-state index in [4.69, 9.17) is 9.47 Å². The lowest BCUT2D eigenvalue weighted by atomic mass is 9.95. The first kappa shape index (κ1) is 20.7. The van der Waals surface area contributed by atoms with Crippen molar-refractivity contribution in [1.82, 2.24) is 14.7 Å². The van der Waals surface area contributed by atoms with Gasteiger partial charge in [0.05, 0.1) is 35.7 Å². The second-order valence-corrected chi connectivity index (χ2v) is 9.97. The van der Waals surface area contributed by atoms with E-state index >= 15 is 0 Å². The molecule has 2 heterocycles. The number of nitrogens with one attached hydrogen (secondary N) is 1. The number of aromatic nitrogens is 2. The van der Waals surface area contributed by atoms with Gasteiger partial charge >= 0.3 is 0 Å². The number of fused-ring (bicyclic) bond motifs is 1. The fourth-order valence-electron chi connectivity index (χ4n) is 3.84. The molecule has 0 bridgehead atoms. The Morgan fingerprint density at radius 2 is 2.00 bits per heavy atom. The third kappa shape index (κ3) is 3.77. The first-order valence-electron chi connectivity index (χ1n) is 10.5. The van der Waals surface area contributed by atoms with Crippen molar-refractivity contribution in [3.8, 4) is 11.6 Å². The number of carbonyl (C=O) groups is 1. The van der Waals surface area contributed by atoms with Gasteiger partial charge in [-0.2, -0.15) is 0 Å². The van der Waals surface area contributed by atoms with E-state index in [0.717, 1.165) is 12.8 Å². The molecule has 2 fully saturated rings. The smallest absolute Gasteiger partial charge is 0.264 e. The average molecular weight is 454 g/mol. The van der Waals surface area contributed by atoms with Gasteiger partial charge < -0.3 is 9.47 Å². The number of sulfonamides is 1. The molecule has 3 aromatic rings. The molecule has 1 aromatic carbocycles. The largest absolute Gasteiger partial charge is 0.491 e. The maximum absolute atomic E-state index is 13.3. The van der Waals surface area contributed by atoms with Crippen molar-refractivity contribution < 1.29 is 22.7 Å². The quantitative estimate of drug-likeness (QED) is 0.559. The summed E-state index contributed by atoms with van der Waals surface area (Å²) in [5.41, 5.74) is 0.154. The van der Waals surface area contributed by atoms with Crippen LogP contribution in [0.4, 0.5) is 0 Å². The third-order valence-electron chi connectivity index (χ3n) is 6.05. The normalized spacial score (nSPS) is 17.0. The van der Waals surface area contributed by atoms with E-state index in [9.17, 15) is 13.2 Å². The molecule has 2 aromatic heterocycles. The summed E-state index contributed by atoms with van der Waals surface area (Å²) in [6.45, 7) is 0.556. The fourth-order valence-corrected chi connectivity index (χ4v) is 5.11. The van der Waals surface area contributed by atoms with Gasteiger partial charge in [0.25, 0.3) is 10.0 Å². The summed E-state index contributed by atoms with van der Waals surface area (Å²) in [5.74, 6) is 0.787. The third-order valence-corrected chi connectivity index (χ3v) is 7.43. The van der Waals surface area contributed by atoms with Crippen molar-refractivity contribution in [2.45, 2.75) is 36.0 Å². The van der Waals surface area contributed by atoms with Gasteiger partial charge in [0.2, 0.25) is 11.8 Å². The summed E-state index contributed by atoms with van der Waals surface area (Å²) in [6, 6.07) is 9.82. The highest BCUT2D eigenvalue weighted by Gasteiger charge is 2.54. The standard InChI is InChI=1S/C23H23N3O5S/c1-30-21-12-17(19(13-25-21)31-14-15-7-8-15)23(9-10-23)22(27)26-32(28,29)20-6-2-5-18-16(20)4-3-11-24-18/h2-6,11-13,15H,7-10,14H2,1H3,(H,26,27). The van der Waals surface area contributed by atoms with Crippen LogP contribution in [0.15, 0.2) is 53.7 Å². The van der Waals surface area contributed by atoms with Crippen LogP contribution < -0.4 is 14.2 Å². The fraction of sp³-hybridized carbons (Fsp3) is 0.348. The number of hydrogen-bond acceptors (Lipinski definition) is 7. The van der Waals surface area contributed by atoms with Crippen molar-refractivity contribution in [1.29, 1.82) is 0 Å². The van der Waals surface area contributed by atoms with E-state index in [2.05, 4.69) is 14.7 Å². The molecular formula is C23H23N3O5S. The Labute approximate surface area is 186 Å². The van der Waals surface area contributed by atoms with Crippen molar-refractivity contribution in [3.63, 3.8) is 0 Å². The highest BCUT2D eigenvalue weighted by molar-refractivity contribution is 7.90. The van der Waals surface area contributed by atoms with Gasteiger partial charge in [-0.3, -0.25) is 9.78 Å². The van der Waals surface area contributed by atoms with Crippen molar-refractivity contribution in [2.24, 2.45) is 5.92 Å². The Bertz CT molecular complexity index is 1290. The van der Waals surface area contributed by atoms with Gasteiger partial charge in [0.1, 0.15) is 5.75 Å². The van der Waals surface area contributed by atoms with E-state index < -0.39 is 21.3 Å². The number of hydrogen-bond donors (Lipinski definition) is 1. The van der Waals surface area contributed by atoms with Gasteiger partial charge in [0, 0.05) is 23.2 Å². The molecule has 9 heteroatoms. The predicted molar refractivity (Wildman–Crippen MR) is 117 cm³/mol. The van der Waals surface area contributed by atoms with E-state index in [1.165, 1.54) is 13.2 Å². The van der Waals surface area contributed by atoms with Crippen LogP contribution in [0.25, 0.3) is 10.9 Å². The first-order valence-corrected chi connectivity index (χ1v) is 12.0. The first-order chi connectivity index (χ1) is 15.4. The van der Waals surface area contributed by atoms with Crippen LogP contribution >= 0.6 is 0 Å². The molecule has 1 N–H and O–H groups in total. The molecule has 0 atom stereocenters. The maximum Gasteiger partial charge on any atom is 0.264 e. The maximum atomic E-state index is 13.3. The second kappa shape index (κ2) is 7.74. The van der Waals surface area contributed by atoms with E-state index in [0.29, 0.717) is 53.5 Å². The average Bonchev–Trinajstić information content (AvgIpc) is 3.71. The van der Waals surface area contributed by atoms with Crippen LogP contribution in [0.2, 0.25) is 0 Å². The zero-order valence-corrected chi connectivity index (χ0v) is 18.4. The number of benzene rings is 1. The Balaban J connectivity index is 1.46. The highest BCUT2D eigenvalue weighted by atomic mass is 32.2. The minimum Gasteiger partial charge on any atom is -0.491 e. The van der Waals surface area contributed by atoms with Crippen LogP contribution in [-0.2, 0) is 20.2 Å². The molecule has 0 unspecified atom stereocenters. The predicted octanol–water partition coefficient (Wildman–Crippen LogP) is 2.96. The Morgan fingerprint density at radius 3 is 2.72 bits per heavy atom. The molecule has 0 radical (unpaired) electrons. The molecule has 2 aliphatic rings. The molecule has 8 nitrogen and oxygen atoms in total. The molecule has 1 amide bonds.